The van der Waals surface area contributed by atoms with E-state index in [0.29, 0.717) is 11.3 Å². The minimum absolute atomic E-state index is 0.224. The summed E-state index contributed by atoms with van der Waals surface area (Å²) >= 11 is 0. The van der Waals surface area contributed by atoms with Gasteiger partial charge in [-0.05, 0) is 37.6 Å². The number of rotatable bonds is 6. The van der Waals surface area contributed by atoms with E-state index in [0.717, 1.165) is 18.9 Å². The van der Waals surface area contributed by atoms with Gasteiger partial charge in [-0.15, -0.1) is 0 Å². The Kier molecular flexibility index (Phi) is 5.51. The molecule has 2 heteroatoms. The lowest BCUT2D eigenvalue weighted by Gasteiger charge is -2.47. The Labute approximate surface area is 107 Å². The first-order valence-electron chi connectivity index (χ1n) is 7.02. The molecule has 0 aromatic heterocycles. The zero-order valence-electron chi connectivity index (χ0n) is 11.7. The summed E-state index contributed by atoms with van der Waals surface area (Å²) in [5, 5.41) is 0. The maximum atomic E-state index is 5.79. The molecule has 2 nitrogen and oxygen atoms in total. The Morgan fingerprint density at radius 3 is 2.76 bits per heavy atom. The minimum atomic E-state index is 0.224. The largest absolute Gasteiger partial charge is 0.499 e. The topological polar surface area (TPSA) is 35.2 Å². The van der Waals surface area contributed by atoms with E-state index >= 15 is 0 Å². The van der Waals surface area contributed by atoms with Gasteiger partial charge in [0.25, 0.3) is 0 Å². The van der Waals surface area contributed by atoms with E-state index in [-0.39, 0.29) is 6.10 Å². The molecule has 1 saturated carbocycles. The first-order valence-corrected chi connectivity index (χ1v) is 7.02. The van der Waals surface area contributed by atoms with Crippen molar-refractivity contribution in [1.29, 1.82) is 0 Å². The molecule has 1 fully saturated rings. The smallest absolute Gasteiger partial charge is 0.0983 e. The van der Waals surface area contributed by atoms with E-state index in [1.165, 1.54) is 25.7 Å². The number of ether oxygens (including phenoxy) is 1. The van der Waals surface area contributed by atoms with Gasteiger partial charge in [0.05, 0.1) is 12.4 Å². The van der Waals surface area contributed by atoms with Gasteiger partial charge in [-0.25, -0.2) is 0 Å². The third-order valence-electron chi connectivity index (χ3n) is 4.93. The Balaban J connectivity index is 2.82. The fourth-order valence-electron chi connectivity index (χ4n) is 3.61. The molecule has 0 aromatic carbocycles. The number of hydrogen-bond donors (Lipinski definition) is 1. The van der Waals surface area contributed by atoms with Crippen molar-refractivity contribution >= 4 is 0 Å². The van der Waals surface area contributed by atoms with Crippen LogP contribution in [0.3, 0.4) is 0 Å². The summed E-state index contributed by atoms with van der Waals surface area (Å²) in [4.78, 5) is 0. The lowest BCUT2D eigenvalue weighted by Crippen LogP contribution is -2.43. The third kappa shape index (κ3) is 3.25. The quantitative estimate of drug-likeness (QED) is 0.717. The molecule has 4 unspecified atom stereocenters. The van der Waals surface area contributed by atoms with Crippen LogP contribution in [-0.4, -0.2) is 12.6 Å². The first kappa shape index (κ1) is 14.6. The number of nitrogens with two attached hydrogens (primary N) is 1. The van der Waals surface area contributed by atoms with Crippen molar-refractivity contribution in [3.05, 3.63) is 12.8 Å². The average molecular weight is 239 g/mol. The molecule has 0 bridgehead atoms. The molecular weight excluding hydrogens is 210 g/mol. The van der Waals surface area contributed by atoms with Crippen LogP contribution in [0.4, 0.5) is 0 Å². The molecule has 0 aromatic rings. The Morgan fingerprint density at radius 2 is 2.24 bits per heavy atom. The Hall–Kier alpha value is -0.500. The summed E-state index contributed by atoms with van der Waals surface area (Å²) in [5.41, 5.74) is 6.17. The average Bonchev–Trinajstić information content (AvgIpc) is 2.30. The van der Waals surface area contributed by atoms with Crippen LogP contribution < -0.4 is 5.73 Å². The third-order valence-corrected chi connectivity index (χ3v) is 4.93. The van der Waals surface area contributed by atoms with Crippen LogP contribution in [0.1, 0.15) is 52.9 Å². The summed E-state index contributed by atoms with van der Waals surface area (Å²) in [5.74, 6) is 1.31. The standard InChI is InChI=1S/C15H29NO/c1-5-17-13(3)14(9-11-16)15(4)10-7-6-8-12(15)2/h5,12-14H,1,6-11,16H2,2-4H3. The summed E-state index contributed by atoms with van der Waals surface area (Å²) < 4.78 is 5.63. The second-order valence-electron chi connectivity index (χ2n) is 5.84. The van der Waals surface area contributed by atoms with Crippen LogP contribution in [0.5, 0.6) is 0 Å². The molecule has 1 rings (SSSR count). The van der Waals surface area contributed by atoms with E-state index in [4.69, 9.17) is 10.5 Å². The normalized spacial score (nSPS) is 32.8. The highest BCUT2D eigenvalue weighted by Gasteiger charge is 2.42. The predicted octanol–water partition coefficient (Wildman–Crippen LogP) is 3.72. The molecular formula is C15H29NO. The van der Waals surface area contributed by atoms with Gasteiger partial charge in [-0.3, -0.25) is 0 Å². The van der Waals surface area contributed by atoms with Gasteiger partial charge in [0.15, 0.2) is 0 Å². The minimum Gasteiger partial charge on any atom is -0.499 e. The van der Waals surface area contributed by atoms with E-state index < -0.39 is 0 Å². The second-order valence-corrected chi connectivity index (χ2v) is 5.84. The predicted molar refractivity (Wildman–Crippen MR) is 73.6 cm³/mol. The maximum Gasteiger partial charge on any atom is 0.0983 e. The van der Waals surface area contributed by atoms with Gasteiger partial charge < -0.3 is 10.5 Å². The van der Waals surface area contributed by atoms with Crippen LogP contribution in [0.15, 0.2) is 12.8 Å². The molecule has 0 radical (unpaired) electrons. The van der Waals surface area contributed by atoms with Crippen LogP contribution in [0.25, 0.3) is 0 Å². The molecule has 100 valence electrons. The van der Waals surface area contributed by atoms with Crippen molar-refractivity contribution in [1.82, 2.24) is 0 Å². The fourth-order valence-corrected chi connectivity index (χ4v) is 3.61. The lowest BCUT2D eigenvalue weighted by atomic mass is 9.59. The highest BCUT2D eigenvalue weighted by atomic mass is 16.5. The van der Waals surface area contributed by atoms with Gasteiger partial charge in [0, 0.05) is 5.92 Å². The fraction of sp³-hybridized carbons (Fsp3) is 0.867. The molecule has 1 aliphatic carbocycles. The van der Waals surface area contributed by atoms with Crippen molar-refractivity contribution in [2.75, 3.05) is 6.54 Å². The molecule has 2 N–H and O–H groups in total. The zero-order chi connectivity index (χ0) is 12.9. The Bertz CT molecular complexity index is 241. The summed E-state index contributed by atoms with van der Waals surface area (Å²) in [6, 6.07) is 0. The van der Waals surface area contributed by atoms with E-state index in [2.05, 4.69) is 27.4 Å². The summed E-state index contributed by atoms with van der Waals surface area (Å²) in [6.07, 6.45) is 8.23. The zero-order valence-corrected chi connectivity index (χ0v) is 11.7. The van der Waals surface area contributed by atoms with E-state index in [1.54, 1.807) is 6.26 Å². The highest BCUT2D eigenvalue weighted by molar-refractivity contribution is 4.92. The molecule has 1 aliphatic rings. The van der Waals surface area contributed by atoms with Crippen molar-refractivity contribution in [2.24, 2.45) is 23.0 Å². The first-order chi connectivity index (χ1) is 8.06. The SMILES string of the molecule is C=COC(C)C(CCN)C1(C)CCCCC1C. The number of hydrogen-bond acceptors (Lipinski definition) is 2. The van der Waals surface area contributed by atoms with Crippen LogP contribution in [0.2, 0.25) is 0 Å². The summed E-state index contributed by atoms with van der Waals surface area (Å²) in [7, 11) is 0. The van der Waals surface area contributed by atoms with Crippen LogP contribution in [0, 0.1) is 17.3 Å². The molecule has 0 aliphatic heterocycles. The van der Waals surface area contributed by atoms with Gasteiger partial charge >= 0.3 is 0 Å². The van der Waals surface area contributed by atoms with Crippen molar-refractivity contribution in [3.63, 3.8) is 0 Å². The molecule has 4 atom stereocenters. The van der Waals surface area contributed by atoms with Crippen LogP contribution >= 0.6 is 0 Å². The van der Waals surface area contributed by atoms with Crippen molar-refractivity contribution in [2.45, 2.75) is 59.0 Å². The van der Waals surface area contributed by atoms with Crippen molar-refractivity contribution in [3.8, 4) is 0 Å². The summed E-state index contributed by atoms with van der Waals surface area (Å²) in [6.45, 7) is 11.4. The van der Waals surface area contributed by atoms with E-state index in [1.807, 2.05) is 0 Å². The lowest BCUT2D eigenvalue weighted by molar-refractivity contribution is -0.0294. The van der Waals surface area contributed by atoms with Gasteiger partial charge in [-0.1, -0.05) is 39.7 Å². The molecule has 0 saturated heterocycles. The van der Waals surface area contributed by atoms with Gasteiger partial charge in [-0.2, -0.15) is 0 Å². The van der Waals surface area contributed by atoms with Gasteiger partial charge in [0.1, 0.15) is 0 Å². The molecule has 17 heavy (non-hydrogen) atoms. The van der Waals surface area contributed by atoms with Crippen LogP contribution in [-0.2, 0) is 4.74 Å². The second kappa shape index (κ2) is 6.44. The van der Waals surface area contributed by atoms with E-state index in [9.17, 15) is 0 Å². The van der Waals surface area contributed by atoms with Crippen molar-refractivity contribution < 1.29 is 4.74 Å². The molecule has 0 heterocycles. The Morgan fingerprint density at radius 1 is 1.53 bits per heavy atom. The molecule has 0 amide bonds. The van der Waals surface area contributed by atoms with Gasteiger partial charge in [0.2, 0.25) is 0 Å². The molecule has 0 spiro atoms. The monoisotopic (exact) mass is 239 g/mol. The highest BCUT2D eigenvalue weighted by Crippen LogP contribution is 2.49. The maximum absolute atomic E-state index is 5.79.